The van der Waals surface area contributed by atoms with Gasteiger partial charge in [-0.2, -0.15) is 0 Å². The molecule has 4 aliphatic rings. The molecule has 1 saturated heterocycles. The molecule has 3 saturated carbocycles. The third-order valence-electron chi connectivity index (χ3n) is 9.62. The summed E-state index contributed by atoms with van der Waals surface area (Å²) < 4.78 is 37.9. The number of ether oxygens (including phenoxy) is 2. The highest BCUT2D eigenvalue weighted by atomic mass is 32.2. The number of methoxy groups -OCH3 is 1. The molecule has 5 atom stereocenters. The van der Waals surface area contributed by atoms with Gasteiger partial charge >= 0.3 is 6.09 Å². The Labute approximate surface area is 252 Å². The monoisotopic (exact) mass is 618 g/mol. The molecule has 0 unspecified atom stereocenters. The number of hydrogen-bond acceptors (Lipinski definition) is 8. The van der Waals surface area contributed by atoms with Gasteiger partial charge in [0, 0.05) is 25.3 Å². The highest BCUT2D eigenvalue weighted by Crippen LogP contribution is 2.49. The Bertz CT molecular complexity index is 1380. The van der Waals surface area contributed by atoms with Crippen molar-refractivity contribution in [3.8, 4) is 5.75 Å². The van der Waals surface area contributed by atoms with Crippen molar-refractivity contribution in [3.05, 3.63) is 24.3 Å². The molecule has 1 aromatic rings. The molecular formula is C30H42N4O8S. The van der Waals surface area contributed by atoms with Crippen molar-refractivity contribution >= 4 is 39.5 Å². The van der Waals surface area contributed by atoms with Crippen molar-refractivity contribution in [1.82, 2.24) is 14.9 Å². The fourth-order valence-corrected chi connectivity index (χ4v) is 7.71. The molecule has 3 aliphatic carbocycles. The van der Waals surface area contributed by atoms with Crippen molar-refractivity contribution in [2.45, 2.75) is 87.5 Å². The van der Waals surface area contributed by atoms with E-state index in [-0.39, 0.29) is 24.7 Å². The molecule has 1 heterocycles. The topological polar surface area (TPSA) is 160 Å². The Morgan fingerprint density at radius 3 is 2.51 bits per heavy atom. The first-order chi connectivity index (χ1) is 20.4. The summed E-state index contributed by atoms with van der Waals surface area (Å²) in [5.74, 6) is -2.68. The third kappa shape index (κ3) is 6.61. The largest absolute Gasteiger partial charge is 0.497 e. The lowest BCUT2D eigenvalue weighted by Gasteiger charge is -2.27. The normalized spacial score (nSPS) is 30.5. The molecule has 43 heavy (non-hydrogen) atoms. The Morgan fingerprint density at radius 1 is 1.07 bits per heavy atom. The number of amides is 4. The van der Waals surface area contributed by atoms with Crippen LogP contribution in [0.15, 0.2) is 24.3 Å². The fourth-order valence-electron chi connectivity index (χ4n) is 6.40. The van der Waals surface area contributed by atoms with E-state index >= 15 is 0 Å². The molecule has 12 nitrogen and oxygen atoms in total. The van der Waals surface area contributed by atoms with Gasteiger partial charge in [-0.25, -0.2) is 13.2 Å². The molecular weight excluding hydrogens is 576 g/mol. The van der Waals surface area contributed by atoms with Crippen molar-refractivity contribution in [2.75, 3.05) is 26.0 Å². The Morgan fingerprint density at radius 2 is 1.79 bits per heavy atom. The number of carbonyl (C=O) groups is 4. The predicted molar refractivity (Wildman–Crippen MR) is 158 cm³/mol. The average Bonchev–Trinajstić information content (AvgIpc) is 3.84. The van der Waals surface area contributed by atoms with E-state index in [0.717, 1.165) is 25.7 Å². The lowest BCUT2D eigenvalue weighted by Crippen LogP contribution is -2.55. The van der Waals surface area contributed by atoms with E-state index in [2.05, 4.69) is 15.4 Å². The number of benzene rings is 1. The van der Waals surface area contributed by atoms with Crippen LogP contribution in [0.4, 0.5) is 10.5 Å². The van der Waals surface area contributed by atoms with Crippen molar-refractivity contribution in [1.29, 1.82) is 0 Å². The highest BCUT2D eigenvalue weighted by molar-refractivity contribution is 7.91. The Balaban J connectivity index is 1.33. The molecule has 236 valence electrons. The SMILES string of the molecule is COc1cccc(NC(=O)O[C@@H]2C[C@H]3C(=O)N[C@]4(C(=O)NS(=O)(=O)C5(C)CC5)C[C@H]4CCCCCCN(C)C(=O)[C@@H]3C2)c1. The van der Waals surface area contributed by atoms with Crippen LogP contribution in [0.25, 0.3) is 0 Å². The molecule has 0 radical (unpaired) electrons. The van der Waals surface area contributed by atoms with Crippen LogP contribution in [0.1, 0.15) is 71.1 Å². The maximum Gasteiger partial charge on any atom is 0.411 e. The quantitative estimate of drug-likeness (QED) is 0.439. The zero-order valence-electron chi connectivity index (χ0n) is 25.0. The van der Waals surface area contributed by atoms with Crippen LogP contribution in [0, 0.1) is 17.8 Å². The molecule has 0 bridgehead atoms. The van der Waals surface area contributed by atoms with E-state index in [9.17, 15) is 27.6 Å². The minimum atomic E-state index is -3.90. The van der Waals surface area contributed by atoms with E-state index < -0.39 is 56.2 Å². The first-order valence-electron chi connectivity index (χ1n) is 15.1. The van der Waals surface area contributed by atoms with Crippen LogP contribution in [-0.2, 0) is 29.1 Å². The van der Waals surface area contributed by atoms with Gasteiger partial charge in [0.2, 0.25) is 21.8 Å². The molecule has 1 aromatic carbocycles. The highest BCUT2D eigenvalue weighted by Gasteiger charge is 2.63. The summed E-state index contributed by atoms with van der Waals surface area (Å²) in [4.78, 5) is 55.3. The van der Waals surface area contributed by atoms with Gasteiger partial charge in [0.25, 0.3) is 5.91 Å². The number of hydrogen-bond donors (Lipinski definition) is 3. The van der Waals surface area contributed by atoms with Crippen LogP contribution < -0.4 is 20.1 Å². The van der Waals surface area contributed by atoms with Gasteiger partial charge in [-0.15, -0.1) is 0 Å². The summed E-state index contributed by atoms with van der Waals surface area (Å²) >= 11 is 0. The molecule has 0 spiro atoms. The first-order valence-corrected chi connectivity index (χ1v) is 16.6. The second-order valence-electron chi connectivity index (χ2n) is 12.8. The van der Waals surface area contributed by atoms with Gasteiger partial charge < -0.3 is 19.7 Å². The summed E-state index contributed by atoms with van der Waals surface area (Å²) in [7, 11) is -0.667. The van der Waals surface area contributed by atoms with Gasteiger partial charge in [0.1, 0.15) is 17.4 Å². The van der Waals surface area contributed by atoms with E-state index in [0.29, 0.717) is 43.7 Å². The Hall–Kier alpha value is -3.35. The summed E-state index contributed by atoms with van der Waals surface area (Å²) in [5.41, 5.74) is -0.876. The summed E-state index contributed by atoms with van der Waals surface area (Å²) in [6, 6.07) is 6.78. The molecule has 13 heteroatoms. The number of carbonyl (C=O) groups excluding carboxylic acids is 4. The summed E-state index contributed by atoms with van der Waals surface area (Å²) in [6.45, 7) is 2.16. The number of nitrogens with one attached hydrogen (secondary N) is 3. The molecule has 5 rings (SSSR count). The van der Waals surface area contributed by atoms with Crippen LogP contribution in [0.3, 0.4) is 0 Å². The fraction of sp³-hybridized carbons (Fsp3) is 0.667. The number of sulfonamides is 1. The van der Waals surface area contributed by atoms with Crippen LogP contribution in [-0.4, -0.2) is 74.2 Å². The van der Waals surface area contributed by atoms with E-state index in [1.165, 1.54) is 7.11 Å². The number of fused-ring (bicyclic) bond motifs is 2. The van der Waals surface area contributed by atoms with Crippen LogP contribution in [0.5, 0.6) is 5.75 Å². The number of anilines is 1. The van der Waals surface area contributed by atoms with Gasteiger partial charge in [0.05, 0.1) is 23.7 Å². The van der Waals surface area contributed by atoms with Gasteiger partial charge in [-0.1, -0.05) is 25.3 Å². The molecule has 4 fully saturated rings. The summed E-state index contributed by atoms with van der Waals surface area (Å²) in [5, 5.41) is 5.55. The number of rotatable bonds is 6. The van der Waals surface area contributed by atoms with E-state index in [1.807, 2.05) is 0 Å². The number of nitrogens with zero attached hydrogens (tertiary/aromatic N) is 1. The van der Waals surface area contributed by atoms with Crippen molar-refractivity contribution in [3.63, 3.8) is 0 Å². The van der Waals surface area contributed by atoms with Gasteiger partial charge in [0.15, 0.2) is 0 Å². The summed E-state index contributed by atoms with van der Waals surface area (Å²) in [6.07, 6.45) is 4.25. The maximum atomic E-state index is 13.9. The second-order valence-corrected chi connectivity index (χ2v) is 15.0. The van der Waals surface area contributed by atoms with Crippen molar-refractivity contribution in [2.24, 2.45) is 17.8 Å². The van der Waals surface area contributed by atoms with Crippen LogP contribution >= 0.6 is 0 Å². The lowest BCUT2D eigenvalue weighted by molar-refractivity contribution is -0.140. The molecule has 0 aromatic heterocycles. The minimum Gasteiger partial charge on any atom is -0.497 e. The zero-order valence-corrected chi connectivity index (χ0v) is 25.8. The standard InChI is InChI=1S/C30H42N4O8S/c1-29(12-13-29)43(39,40)33-27(37)30-18-19(30)9-6-4-5-7-14-34(2)26(36)24-17-22(16-23(24)25(35)32-30)42-28(38)31-20-10-8-11-21(15-20)41-3/h8,10-11,15,19,22-24H,4-7,9,12-14,16-18H2,1-3H3,(H,31,38)(H,32,35)(H,33,37)/t19-,22-,23-,24-,30-/m1/s1. The first kappa shape index (κ1) is 31.1. The Kier molecular flexibility index (Phi) is 8.65. The maximum absolute atomic E-state index is 13.9. The molecule has 1 aliphatic heterocycles. The second kappa shape index (κ2) is 12.0. The third-order valence-corrected chi connectivity index (χ3v) is 11.8. The zero-order chi connectivity index (χ0) is 31.0. The molecule has 4 amide bonds. The van der Waals surface area contributed by atoms with E-state index in [1.54, 1.807) is 43.1 Å². The molecule has 3 N–H and O–H groups in total. The minimum absolute atomic E-state index is 0.0976. The van der Waals surface area contributed by atoms with Crippen molar-refractivity contribution < 1.29 is 37.1 Å². The average molecular weight is 619 g/mol. The van der Waals surface area contributed by atoms with Gasteiger partial charge in [-0.05, 0) is 69.9 Å². The smallest absolute Gasteiger partial charge is 0.411 e. The van der Waals surface area contributed by atoms with E-state index in [4.69, 9.17) is 9.47 Å². The van der Waals surface area contributed by atoms with Crippen LogP contribution in [0.2, 0.25) is 0 Å². The van der Waals surface area contributed by atoms with Gasteiger partial charge in [-0.3, -0.25) is 24.4 Å². The predicted octanol–water partition coefficient (Wildman–Crippen LogP) is 2.93. The lowest BCUT2D eigenvalue weighted by atomic mass is 9.92.